The number of hydrogen-bond donors (Lipinski definition) is 1. The number of benzene rings is 3. The maximum absolute atomic E-state index is 15.1. The largest absolute Gasteiger partial charge is 0.404 e. The van der Waals surface area contributed by atoms with Crippen molar-refractivity contribution < 1.29 is 22.4 Å². The molecular weight excluding hydrogens is 517 g/mol. The zero-order valence-electron chi connectivity index (χ0n) is 17.7. The molecule has 0 heterocycles. The second-order valence-corrected chi connectivity index (χ2v) is 10.4. The minimum atomic E-state index is -4.69. The number of rotatable bonds is 9. The number of halogens is 3. The van der Waals surface area contributed by atoms with Gasteiger partial charge in [0.15, 0.2) is 0 Å². The third kappa shape index (κ3) is 5.18. The van der Waals surface area contributed by atoms with Crippen molar-refractivity contribution in [1.29, 1.82) is 0 Å². The van der Waals surface area contributed by atoms with Crippen molar-refractivity contribution in [3.8, 4) is 11.1 Å². The fourth-order valence-electron chi connectivity index (χ4n) is 3.31. The highest BCUT2D eigenvalue weighted by Crippen LogP contribution is 2.67. The van der Waals surface area contributed by atoms with E-state index in [2.05, 4.69) is 15.9 Å². The molecule has 0 N–H and O–H groups in total. The van der Waals surface area contributed by atoms with E-state index in [1.807, 2.05) is 54.6 Å². The molecule has 8 heteroatoms. The van der Waals surface area contributed by atoms with Gasteiger partial charge in [0, 0.05) is 10.0 Å². The van der Waals surface area contributed by atoms with Gasteiger partial charge in [0.2, 0.25) is 0 Å². The van der Waals surface area contributed by atoms with Crippen molar-refractivity contribution in [2.45, 2.75) is 24.8 Å². The summed E-state index contributed by atoms with van der Waals surface area (Å²) in [6.07, 6.45) is 0. The first kappa shape index (κ1) is 25.1. The fraction of sp³-hybridized carbons (Fsp3) is 0.250. The zero-order valence-corrected chi connectivity index (χ0v) is 21.0. The molecule has 3 aromatic carbocycles. The van der Waals surface area contributed by atoms with E-state index in [4.69, 9.17) is 21.7 Å². The van der Waals surface area contributed by atoms with Gasteiger partial charge in [-0.25, -0.2) is 0 Å². The van der Waals surface area contributed by atoms with Gasteiger partial charge in [0.05, 0.1) is 18.5 Å². The lowest BCUT2D eigenvalue weighted by Crippen LogP contribution is -2.19. The van der Waals surface area contributed by atoms with Crippen LogP contribution in [0.4, 0.5) is 8.78 Å². The molecule has 3 rings (SSSR count). The van der Waals surface area contributed by atoms with Crippen molar-refractivity contribution in [2.75, 3.05) is 13.2 Å². The van der Waals surface area contributed by atoms with Gasteiger partial charge in [-0.15, -0.1) is 0 Å². The standard InChI is InChI=1S/C24H24BrF2O3PS/c1-3-29-31(28,30-4-2)24(26,27)21-15-14-20(16-22(21)25)23(32)19-12-10-18(11-13-19)17-8-6-5-7-9-17/h5-16,23,32H,3-4H2,1-2H3. The molecule has 0 fully saturated rings. The van der Waals surface area contributed by atoms with Crippen LogP contribution in [0.1, 0.15) is 35.8 Å². The summed E-state index contributed by atoms with van der Waals surface area (Å²) in [5, 5.41) is -0.329. The minimum absolute atomic E-state index is 0.111. The van der Waals surface area contributed by atoms with E-state index in [0.29, 0.717) is 0 Å². The maximum atomic E-state index is 15.1. The number of thiol groups is 1. The van der Waals surface area contributed by atoms with E-state index < -0.39 is 18.8 Å². The third-order valence-corrected chi connectivity index (χ3v) is 8.29. The van der Waals surface area contributed by atoms with Crippen molar-refractivity contribution in [2.24, 2.45) is 0 Å². The molecule has 0 radical (unpaired) electrons. The van der Waals surface area contributed by atoms with Crippen LogP contribution in [-0.4, -0.2) is 13.2 Å². The van der Waals surface area contributed by atoms with E-state index >= 15 is 8.78 Å². The van der Waals surface area contributed by atoms with Crippen molar-refractivity contribution in [3.05, 3.63) is 94.0 Å². The molecular formula is C24H24BrF2O3PS. The molecule has 1 unspecified atom stereocenters. The number of alkyl halides is 2. The molecule has 32 heavy (non-hydrogen) atoms. The van der Waals surface area contributed by atoms with Crippen LogP contribution in [0.15, 0.2) is 77.3 Å². The summed E-state index contributed by atoms with van der Waals surface area (Å²) in [6.45, 7) is 2.68. The van der Waals surface area contributed by atoms with Crippen LogP contribution in [0.3, 0.4) is 0 Å². The summed E-state index contributed by atoms with van der Waals surface area (Å²) in [7, 11) is -4.69. The Morgan fingerprint density at radius 1 is 0.906 bits per heavy atom. The van der Waals surface area contributed by atoms with E-state index in [1.165, 1.54) is 19.9 Å². The van der Waals surface area contributed by atoms with Crippen molar-refractivity contribution >= 4 is 36.2 Å². The van der Waals surface area contributed by atoms with Gasteiger partial charge in [-0.1, -0.05) is 82.7 Å². The van der Waals surface area contributed by atoms with Crippen LogP contribution >= 0.6 is 36.2 Å². The zero-order chi connectivity index (χ0) is 23.4. The Bertz CT molecular complexity index is 1080. The van der Waals surface area contributed by atoms with Gasteiger partial charge >= 0.3 is 13.3 Å². The lowest BCUT2D eigenvalue weighted by molar-refractivity contribution is 0.0354. The molecule has 1 atom stereocenters. The first-order valence-electron chi connectivity index (χ1n) is 10.1. The second kappa shape index (κ2) is 10.6. The Hall–Kier alpha value is -1.50. The van der Waals surface area contributed by atoms with Crippen LogP contribution in [0, 0.1) is 0 Å². The lowest BCUT2D eigenvalue weighted by atomic mass is 9.99. The predicted octanol–water partition coefficient (Wildman–Crippen LogP) is 8.45. The molecule has 0 bridgehead atoms. The Morgan fingerprint density at radius 3 is 1.97 bits per heavy atom. The van der Waals surface area contributed by atoms with E-state index in [-0.39, 0.29) is 22.9 Å². The van der Waals surface area contributed by atoms with Gasteiger partial charge in [-0.2, -0.15) is 21.4 Å². The quantitative estimate of drug-likeness (QED) is 0.218. The van der Waals surface area contributed by atoms with Crippen LogP contribution in [0.5, 0.6) is 0 Å². The SMILES string of the molecule is CCOP(=O)(OCC)C(F)(F)c1ccc(C(S)c2ccc(-c3ccccc3)cc2)cc1Br. The van der Waals surface area contributed by atoms with E-state index in [0.717, 1.165) is 22.3 Å². The molecule has 0 spiro atoms. The molecule has 0 aliphatic heterocycles. The first-order valence-corrected chi connectivity index (χ1v) is 13.0. The van der Waals surface area contributed by atoms with Gasteiger partial charge in [0.1, 0.15) is 0 Å². The molecule has 3 nitrogen and oxygen atoms in total. The third-order valence-electron chi connectivity index (χ3n) is 4.91. The molecule has 3 aromatic rings. The lowest BCUT2D eigenvalue weighted by Gasteiger charge is -2.27. The maximum Gasteiger partial charge on any atom is 0.404 e. The predicted molar refractivity (Wildman–Crippen MR) is 132 cm³/mol. The Morgan fingerprint density at radius 2 is 1.44 bits per heavy atom. The topological polar surface area (TPSA) is 35.5 Å². The van der Waals surface area contributed by atoms with Crippen LogP contribution in [0.25, 0.3) is 11.1 Å². The highest BCUT2D eigenvalue weighted by molar-refractivity contribution is 9.10. The van der Waals surface area contributed by atoms with E-state index in [9.17, 15) is 4.57 Å². The highest BCUT2D eigenvalue weighted by Gasteiger charge is 2.55. The number of hydrogen-bond acceptors (Lipinski definition) is 4. The minimum Gasteiger partial charge on any atom is -0.304 e. The molecule has 0 aromatic heterocycles. The Kier molecular flexibility index (Phi) is 8.34. The fourth-order valence-corrected chi connectivity index (χ4v) is 6.01. The highest BCUT2D eigenvalue weighted by atomic mass is 79.9. The Labute approximate surface area is 201 Å². The monoisotopic (exact) mass is 540 g/mol. The average molecular weight is 541 g/mol. The summed E-state index contributed by atoms with van der Waals surface area (Å²) in [5.41, 5.74) is -0.430. The van der Waals surface area contributed by atoms with Gasteiger partial charge in [0.25, 0.3) is 0 Å². The molecule has 0 saturated carbocycles. The van der Waals surface area contributed by atoms with Gasteiger partial charge in [-0.05, 0) is 42.2 Å². The molecule has 170 valence electrons. The summed E-state index contributed by atoms with van der Waals surface area (Å²) >= 11 is 7.91. The van der Waals surface area contributed by atoms with Crippen molar-refractivity contribution in [3.63, 3.8) is 0 Å². The molecule has 0 aliphatic rings. The van der Waals surface area contributed by atoms with Crippen LogP contribution in [-0.2, 0) is 19.3 Å². The van der Waals surface area contributed by atoms with E-state index in [1.54, 1.807) is 12.1 Å². The van der Waals surface area contributed by atoms with Crippen LogP contribution in [0.2, 0.25) is 0 Å². The van der Waals surface area contributed by atoms with Gasteiger partial charge in [-0.3, -0.25) is 4.57 Å². The van der Waals surface area contributed by atoms with Crippen molar-refractivity contribution in [1.82, 2.24) is 0 Å². The summed E-state index contributed by atoms with van der Waals surface area (Å²) < 4.78 is 52.9. The van der Waals surface area contributed by atoms with Gasteiger partial charge < -0.3 is 9.05 Å². The average Bonchev–Trinajstić information content (AvgIpc) is 2.79. The molecule has 0 amide bonds. The normalized spacial score (nSPS) is 13.2. The molecule has 0 aliphatic carbocycles. The molecule has 0 saturated heterocycles. The Balaban J connectivity index is 1.88. The first-order chi connectivity index (χ1) is 15.2. The second-order valence-electron chi connectivity index (χ2n) is 7.00. The summed E-state index contributed by atoms with van der Waals surface area (Å²) in [5.74, 6) is 0. The summed E-state index contributed by atoms with van der Waals surface area (Å²) in [6, 6.07) is 22.3. The summed E-state index contributed by atoms with van der Waals surface area (Å²) in [4.78, 5) is 0. The van der Waals surface area contributed by atoms with Crippen LogP contribution < -0.4 is 0 Å². The smallest absolute Gasteiger partial charge is 0.304 e.